The molecule has 0 unspecified atom stereocenters. The minimum absolute atomic E-state index is 0. The van der Waals surface area contributed by atoms with Crippen LogP contribution in [-0.4, -0.2) is 31.1 Å². The van der Waals surface area contributed by atoms with Gasteiger partial charge in [0.25, 0.3) is 0 Å². The lowest BCUT2D eigenvalue weighted by Crippen LogP contribution is -2.38. The molecular formula is C16H31IN4S. The van der Waals surface area contributed by atoms with Crippen molar-refractivity contribution in [2.24, 2.45) is 4.99 Å². The van der Waals surface area contributed by atoms with Crippen LogP contribution in [0.25, 0.3) is 0 Å². The van der Waals surface area contributed by atoms with Crippen molar-refractivity contribution in [2.45, 2.75) is 58.8 Å². The molecule has 22 heavy (non-hydrogen) atoms. The summed E-state index contributed by atoms with van der Waals surface area (Å²) in [6.45, 7) is 10.7. The predicted octanol–water partition coefficient (Wildman–Crippen LogP) is 3.96. The van der Waals surface area contributed by atoms with Crippen LogP contribution in [0, 0.1) is 0 Å². The largest absolute Gasteiger partial charge is 0.356 e. The van der Waals surface area contributed by atoms with Gasteiger partial charge >= 0.3 is 0 Å². The molecule has 6 heteroatoms. The van der Waals surface area contributed by atoms with Gasteiger partial charge in [0.05, 0.1) is 10.7 Å². The van der Waals surface area contributed by atoms with Gasteiger partial charge in [-0.3, -0.25) is 4.99 Å². The summed E-state index contributed by atoms with van der Waals surface area (Å²) in [5.74, 6) is 0.888. The Hall–Kier alpha value is -0.370. The van der Waals surface area contributed by atoms with Crippen LogP contribution in [0.5, 0.6) is 0 Å². The number of aromatic nitrogens is 1. The molecule has 0 aliphatic rings. The molecule has 0 saturated heterocycles. The second kappa shape index (κ2) is 11.2. The monoisotopic (exact) mass is 438 g/mol. The Morgan fingerprint density at radius 1 is 1.23 bits per heavy atom. The van der Waals surface area contributed by atoms with Gasteiger partial charge in [-0.15, -0.1) is 35.3 Å². The van der Waals surface area contributed by atoms with Crippen molar-refractivity contribution in [2.75, 3.05) is 20.1 Å². The molecule has 2 N–H and O–H groups in total. The van der Waals surface area contributed by atoms with E-state index in [1.54, 1.807) is 11.3 Å². The van der Waals surface area contributed by atoms with E-state index in [2.05, 4.69) is 48.7 Å². The molecule has 0 amide bonds. The van der Waals surface area contributed by atoms with Crippen LogP contribution in [0.3, 0.4) is 0 Å². The second-order valence-electron chi connectivity index (χ2n) is 6.26. The van der Waals surface area contributed by atoms with Crippen LogP contribution in [0.1, 0.15) is 57.7 Å². The number of rotatable bonds is 7. The molecule has 0 aromatic carbocycles. The highest BCUT2D eigenvalue weighted by Crippen LogP contribution is 2.23. The van der Waals surface area contributed by atoms with Crippen molar-refractivity contribution in [3.8, 4) is 0 Å². The van der Waals surface area contributed by atoms with Crippen molar-refractivity contribution in [1.29, 1.82) is 0 Å². The number of thiazole rings is 1. The Morgan fingerprint density at radius 3 is 2.45 bits per heavy atom. The smallest absolute Gasteiger partial charge is 0.190 e. The lowest BCUT2D eigenvalue weighted by atomic mass is 9.93. The van der Waals surface area contributed by atoms with Gasteiger partial charge in [0.1, 0.15) is 0 Å². The maximum Gasteiger partial charge on any atom is 0.190 e. The van der Waals surface area contributed by atoms with Crippen molar-refractivity contribution < 1.29 is 0 Å². The number of hydrogen-bond donors (Lipinski definition) is 2. The fraction of sp³-hybridized carbons (Fsp3) is 0.750. The summed E-state index contributed by atoms with van der Waals surface area (Å²) in [7, 11) is 1.82. The molecule has 1 rings (SSSR count). The van der Waals surface area contributed by atoms with Crippen LogP contribution in [0.2, 0.25) is 0 Å². The maximum absolute atomic E-state index is 4.71. The van der Waals surface area contributed by atoms with E-state index in [0.29, 0.717) is 0 Å². The third-order valence-electron chi connectivity index (χ3n) is 3.25. The zero-order chi connectivity index (χ0) is 15.7. The van der Waals surface area contributed by atoms with Crippen LogP contribution < -0.4 is 10.6 Å². The van der Waals surface area contributed by atoms with E-state index in [1.165, 1.54) is 30.0 Å². The SMILES string of the molecule is CCCCCNC(=NC)NCCc1nc(C(C)(C)C)cs1.I. The Kier molecular flexibility index (Phi) is 11.0. The average molecular weight is 438 g/mol. The van der Waals surface area contributed by atoms with Gasteiger partial charge < -0.3 is 10.6 Å². The molecular weight excluding hydrogens is 407 g/mol. The summed E-state index contributed by atoms with van der Waals surface area (Å²) >= 11 is 1.75. The molecule has 4 nitrogen and oxygen atoms in total. The van der Waals surface area contributed by atoms with Crippen LogP contribution in [-0.2, 0) is 11.8 Å². The van der Waals surface area contributed by atoms with Gasteiger partial charge in [0.2, 0.25) is 0 Å². The van der Waals surface area contributed by atoms with Crippen molar-refractivity contribution in [3.05, 3.63) is 16.1 Å². The number of guanidine groups is 1. The number of hydrogen-bond acceptors (Lipinski definition) is 3. The first-order valence-corrected chi connectivity index (χ1v) is 8.74. The van der Waals surface area contributed by atoms with E-state index in [0.717, 1.165) is 25.5 Å². The van der Waals surface area contributed by atoms with Gasteiger partial charge in [0, 0.05) is 37.4 Å². The van der Waals surface area contributed by atoms with Crippen LogP contribution in [0.4, 0.5) is 0 Å². The van der Waals surface area contributed by atoms with Crippen molar-refractivity contribution in [3.63, 3.8) is 0 Å². The zero-order valence-corrected chi connectivity index (χ0v) is 17.7. The molecule has 0 aliphatic heterocycles. The van der Waals surface area contributed by atoms with Crippen LogP contribution >= 0.6 is 35.3 Å². The van der Waals surface area contributed by atoms with Crippen LogP contribution in [0.15, 0.2) is 10.4 Å². The Morgan fingerprint density at radius 2 is 1.91 bits per heavy atom. The highest BCUT2D eigenvalue weighted by molar-refractivity contribution is 14.0. The van der Waals surface area contributed by atoms with E-state index >= 15 is 0 Å². The van der Waals surface area contributed by atoms with Gasteiger partial charge in [-0.2, -0.15) is 0 Å². The third kappa shape index (κ3) is 8.31. The number of nitrogens with one attached hydrogen (secondary N) is 2. The van der Waals surface area contributed by atoms with Crippen molar-refractivity contribution in [1.82, 2.24) is 15.6 Å². The molecule has 0 fully saturated rings. The predicted molar refractivity (Wildman–Crippen MR) is 109 cm³/mol. The molecule has 1 heterocycles. The first-order chi connectivity index (χ1) is 9.97. The van der Waals surface area contributed by atoms with Gasteiger partial charge in [0.15, 0.2) is 5.96 Å². The average Bonchev–Trinajstić information content (AvgIpc) is 2.90. The first kappa shape index (κ1) is 21.6. The normalized spacial score (nSPS) is 12.0. The molecule has 0 bridgehead atoms. The van der Waals surface area contributed by atoms with E-state index in [9.17, 15) is 0 Å². The third-order valence-corrected chi connectivity index (χ3v) is 4.16. The Labute approximate surface area is 156 Å². The minimum Gasteiger partial charge on any atom is -0.356 e. The quantitative estimate of drug-likeness (QED) is 0.293. The fourth-order valence-corrected chi connectivity index (χ4v) is 2.89. The molecule has 1 aromatic heterocycles. The minimum atomic E-state index is 0. The molecule has 0 aliphatic carbocycles. The summed E-state index contributed by atoms with van der Waals surface area (Å²) in [4.78, 5) is 8.95. The maximum atomic E-state index is 4.71. The Balaban J connectivity index is 0.00000441. The molecule has 128 valence electrons. The van der Waals surface area contributed by atoms with Gasteiger partial charge in [-0.1, -0.05) is 40.5 Å². The number of unbranched alkanes of at least 4 members (excludes halogenated alkanes) is 2. The summed E-state index contributed by atoms with van der Waals surface area (Å²) in [6, 6.07) is 0. The lowest BCUT2D eigenvalue weighted by Gasteiger charge is -2.14. The molecule has 0 saturated carbocycles. The molecule has 1 aromatic rings. The van der Waals surface area contributed by atoms with Gasteiger partial charge in [-0.25, -0.2) is 4.98 Å². The van der Waals surface area contributed by atoms with E-state index in [4.69, 9.17) is 4.98 Å². The lowest BCUT2D eigenvalue weighted by molar-refractivity contribution is 0.570. The first-order valence-electron chi connectivity index (χ1n) is 7.86. The second-order valence-corrected chi connectivity index (χ2v) is 7.20. The van der Waals surface area contributed by atoms with Gasteiger partial charge in [-0.05, 0) is 6.42 Å². The Bertz CT molecular complexity index is 438. The van der Waals surface area contributed by atoms with E-state index in [-0.39, 0.29) is 29.4 Å². The topological polar surface area (TPSA) is 49.3 Å². The van der Waals surface area contributed by atoms with E-state index in [1.807, 2.05) is 7.05 Å². The molecule has 0 atom stereocenters. The summed E-state index contributed by atoms with van der Waals surface area (Å²) in [5.41, 5.74) is 1.32. The number of nitrogens with zero attached hydrogens (tertiary/aromatic N) is 2. The zero-order valence-electron chi connectivity index (χ0n) is 14.5. The molecule has 0 radical (unpaired) electrons. The fourth-order valence-electron chi connectivity index (χ4n) is 1.86. The number of halogens is 1. The van der Waals surface area contributed by atoms with E-state index < -0.39 is 0 Å². The standard InChI is InChI=1S/C16H30N4S.HI/c1-6-7-8-10-18-15(17-5)19-11-9-14-20-13(12-21-14)16(2,3)4;/h12H,6-11H2,1-5H3,(H2,17,18,19);1H. The highest BCUT2D eigenvalue weighted by atomic mass is 127. The molecule has 0 spiro atoms. The highest BCUT2D eigenvalue weighted by Gasteiger charge is 2.17. The summed E-state index contributed by atoms with van der Waals surface area (Å²) in [5, 5.41) is 10.1. The summed E-state index contributed by atoms with van der Waals surface area (Å²) < 4.78 is 0. The number of aliphatic imine (C=N–C) groups is 1. The summed E-state index contributed by atoms with van der Waals surface area (Å²) in [6.07, 6.45) is 4.64. The van der Waals surface area contributed by atoms with Crippen molar-refractivity contribution >= 4 is 41.3 Å².